The summed E-state index contributed by atoms with van der Waals surface area (Å²) in [6.07, 6.45) is 3.87. The number of halogens is 1. The average Bonchev–Trinajstić information content (AvgIpc) is 2.98. The summed E-state index contributed by atoms with van der Waals surface area (Å²) in [5.41, 5.74) is 1.29. The summed E-state index contributed by atoms with van der Waals surface area (Å²) in [6, 6.07) is 16.3. The molecule has 3 atom stereocenters. The standard InChI is InChI=1S/C21H26ClNO2S/c1-16-12-18(15-25-20-6-8-21(9-7-20)26(2)24)14-23(16)11-10-17-4-3-5-19(22)13-17/h3-9,13,16,18H,10-12,14-15H2,1-2H3. The first-order valence-electron chi connectivity index (χ1n) is 9.06. The molecule has 5 heteroatoms. The van der Waals surface area contributed by atoms with Crippen LogP contribution in [0, 0.1) is 5.92 Å². The molecule has 0 radical (unpaired) electrons. The predicted octanol–water partition coefficient (Wildman–Crippen LogP) is 4.41. The van der Waals surface area contributed by atoms with Gasteiger partial charge in [-0.1, -0.05) is 23.7 Å². The number of hydrogen-bond acceptors (Lipinski definition) is 3. The van der Waals surface area contributed by atoms with Crippen LogP contribution in [0.15, 0.2) is 53.4 Å². The molecule has 140 valence electrons. The van der Waals surface area contributed by atoms with Gasteiger partial charge in [-0.05, 0) is 61.7 Å². The van der Waals surface area contributed by atoms with Crippen molar-refractivity contribution < 1.29 is 8.95 Å². The van der Waals surface area contributed by atoms with Gasteiger partial charge in [0.1, 0.15) is 5.75 Å². The number of rotatable bonds is 7. The van der Waals surface area contributed by atoms with E-state index in [2.05, 4.69) is 24.0 Å². The third kappa shape index (κ3) is 5.32. The molecular weight excluding hydrogens is 366 g/mol. The van der Waals surface area contributed by atoms with Gasteiger partial charge < -0.3 is 4.74 Å². The van der Waals surface area contributed by atoms with E-state index in [-0.39, 0.29) is 0 Å². The zero-order chi connectivity index (χ0) is 18.5. The predicted molar refractivity (Wildman–Crippen MR) is 109 cm³/mol. The summed E-state index contributed by atoms with van der Waals surface area (Å²) in [4.78, 5) is 3.37. The van der Waals surface area contributed by atoms with Crippen LogP contribution in [0.3, 0.4) is 0 Å². The van der Waals surface area contributed by atoms with Crippen molar-refractivity contribution in [2.24, 2.45) is 5.92 Å². The summed E-state index contributed by atoms with van der Waals surface area (Å²) in [6.45, 7) is 5.14. The molecular formula is C21H26ClNO2S. The third-order valence-corrected chi connectivity index (χ3v) is 6.18. The molecule has 3 rings (SSSR count). The van der Waals surface area contributed by atoms with Crippen LogP contribution >= 0.6 is 11.6 Å². The molecule has 1 fully saturated rings. The summed E-state index contributed by atoms with van der Waals surface area (Å²) >= 11 is 6.07. The van der Waals surface area contributed by atoms with Crippen molar-refractivity contribution in [1.82, 2.24) is 4.90 Å². The fourth-order valence-corrected chi connectivity index (χ4v) is 4.29. The Kier molecular flexibility index (Phi) is 6.74. The van der Waals surface area contributed by atoms with E-state index in [4.69, 9.17) is 16.3 Å². The summed E-state index contributed by atoms with van der Waals surface area (Å²) in [7, 11) is -0.943. The molecule has 1 aliphatic heterocycles. The molecule has 2 aromatic carbocycles. The van der Waals surface area contributed by atoms with Crippen LogP contribution in [0.25, 0.3) is 0 Å². The zero-order valence-corrected chi connectivity index (χ0v) is 16.9. The highest BCUT2D eigenvalue weighted by atomic mass is 35.5. The van der Waals surface area contributed by atoms with Crippen molar-refractivity contribution in [3.8, 4) is 5.75 Å². The maximum absolute atomic E-state index is 11.4. The third-order valence-electron chi connectivity index (χ3n) is 5.01. The minimum absolute atomic E-state index is 0.546. The monoisotopic (exact) mass is 391 g/mol. The molecule has 0 aromatic heterocycles. The first-order valence-corrected chi connectivity index (χ1v) is 11.0. The fraction of sp³-hybridized carbons (Fsp3) is 0.429. The first-order chi connectivity index (χ1) is 12.5. The zero-order valence-electron chi connectivity index (χ0n) is 15.4. The molecule has 3 nitrogen and oxygen atoms in total. The molecule has 0 saturated carbocycles. The topological polar surface area (TPSA) is 29.5 Å². The van der Waals surface area contributed by atoms with Gasteiger partial charge in [0.2, 0.25) is 0 Å². The van der Waals surface area contributed by atoms with Gasteiger partial charge in [0.15, 0.2) is 0 Å². The Balaban J connectivity index is 1.46. The van der Waals surface area contributed by atoms with Crippen molar-refractivity contribution in [3.05, 3.63) is 59.1 Å². The molecule has 0 amide bonds. The molecule has 0 aliphatic carbocycles. The lowest BCUT2D eigenvalue weighted by Crippen LogP contribution is -2.29. The second kappa shape index (κ2) is 9.03. The number of nitrogens with zero attached hydrogens (tertiary/aromatic N) is 1. The van der Waals surface area contributed by atoms with Crippen LogP contribution in [-0.4, -0.2) is 41.1 Å². The molecule has 1 heterocycles. The average molecular weight is 392 g/mol. The SMILES string of the molecule is CC1CC(COc2ccc(S(C)=O)cc2)CN1CCc1cccc(Cl)c1. The molecule has 2 aromatic rings. The van der Waals surface area contributed by atoms with Gasteiger partial charge in [0.05, 0.1) is 6.61 Å². The van der Waals surface area contributed by atoms with Crippen molar-refractivity contribution in [2.75, 3.05) is 26.0 Å². The maximum Gasteiger partial charge on any atom is 0.119 e. The Bertz CT molecular complexity index is 750. The van der Waals surface area contributed by atoms with E-state index in [0.29, 0.717) is 12.0 Å². The highest BCUT2D eigenvalue weighted by Gasteiger charge is 2.29. The van der Waals surface area contributed by atoms with Crippen LogP contribution in [0.5, 0.6) is 5.75 Å². The van der Waals surface area contributed by atoms with Gasteiger partial charge >= 0.3 is 0 Å². The van der Waals surface area contributed by atoms with E-state index in [9.17, 15) is 4.21 Å². The van der Waals surface area contributed by atoms with E-state index in [1.807, 2.05) is 36.4 Å². The Labute approximate surface area is 163 Å². The highest BCUT2D eigenvalue weighted by Crippen LogP contribution is 2.25. The van der Waals surface area contributed by atoms with Crippen molar-refractivity contribution in [1.29, 1.82) is 0 Å². The molecule has 0 N–H and O–H groups in total. The Morgan fingerprint density at radius 3 is 2.69 bits per heavy atom. The quantitative estimate of drug-likeness (QED) is 0.700. The molecule has 1 aliphatic rings. The van der Waals surface area contributed by atoms with E-state index in [1.165, 1.54) is 5.56 Å². The van der Waals surface area contributed by atoms with Gasteiger partial charge in [-0.15, -0.1) is 0 Å². The van der Waals surface area contributed by atoms with E-state index < -0.39 is 10.8 Å². The summed E-state index contributed by atoms with van der Waals surface area (Å²) in [5, 5.41) is 0.807. The lowest BCUT2D eigenvalue weighted by molar-refractivity contribution is 0.234. The number of benzene rings is 2. The Hall–Kier alpha value is -1.36. The van der Waals surface area contributed by atoms with Crippen LogP contribution in [-0.2, 0) is 17.2 Å². The van der Waals surface area contributed by atoms with E-state index >= 15 is 0 Å². The molecule has 0 spiro atoms. The maximum atomic E-state index is 11.4. The summed E-state index contributed by atoms with van der Waals surface area (Å²) in [5.74, 6) is 1.40. The molecule has 1 saturated heterocycles. The molecule has 26 heavy (non-hydrogen) atoms. The van der Waals surface area contributed by atoms with Gasteiger partial charge in [-0.25, -0.2) is 0 Å². The minimum Gasteiger partial charge on any atom is -0.493 e. The van der Waals surface area contributed by atoms with Gasteiger partial charge in [-0.2, -0.15) is 0 Å². The Morgan fingerprint density at radius 2 is 2.00 bits per heavy atom. The van der Waals surface area contributed by atoms with Crippen LogP contribution < -0.4 is 4.74 Å². The smallest absolute Gasteiger partial charge is 0.119 e. The fourth-order valence-electron chi connectivity index (χ4n) is 3.56. The number of hydrogen-bond donors (Lipinski definition) is 0. The van der Waals surface area contributed by atoms with Crippen LogP contribution in [0.2, 0.25) is 5.02 Å². The van der Waals surface area contributed by atoms with Crippen molar-refractivity contribution in [2.45, 2.75) is 30.7 Å². The van der Waals surface area contributed by atoms with Gasteiger partial charge in [0, 0.05) is 52.0 Å². The summed E-state index contributed by atoms with van der Waals surface area (Å²) < 4.78 is 17.4. The molecule has 0 bridgehead atoms. The van der Waals surface area contributed by atoms with Crippen molar-refractivity contribution in [3.63, 3.8) is 0 Å². The van der Waals surface area contributed by atoms with E-state index in [1.54, 1.807) is 6.26 Å². The largest absolute Gasteiger partial charge is 0.493 e. The lowest BCUT2D eigenvalue weighted by atomic mass is 10.1. The normalized spacial score (nSPS) is 21.7. The van der Waals surface area contributed by atoms with Gasteiger partial charge in [0.25, 0.3) is 0 Å². The number of ether oxygens (including phenoxy) is 1. The second-order valence-corrected chi connectivity index (χ2v) is 8.88. The van der Waals surface area contributed by atoms with Gasteiger partial charge in [-0.3, -0.25) is 9.11 Å². The van der Waals surface area contributed by atoms with E-state index in [0.717, 1.165) is 48.2 Å². The van der Waals surface area contributed by atoms with Crippen LogP contribution in [0.1, 0.15) is 18.9 Å². The minimum atomic E-state index is -0.943. The number of likely N-dealkylation sites (tertiary alicyclic amines) is 1. The van der Waals surface area contributed by atoms with Crippen molar-refractivity contribution >= 4 is 22.4 Å². The Morgan fingerprint density at radius 1 is 1.23 bits per heavy atom. The molecule has 3 unspecified atom stereocenters. The first kappa shape index (κ1) is 19.4. The highest BCUT2D eigenvalue weighted by molar-refractivity contribution is 7.84. The lowest BCUT2D eigenvalue weighted by Gasteiger charge is -2.21. The van der Waals surface area contributed by atoms with Crippen LogP contribution in [0.4, 0.5) is 0 Å². The second-order valence-electron chi connectivity index (χ2n) is 7.06.